The second-order valence-corrected chi connectivity index (χ2v) is 4.90. The maximum atomic E-state index is 10.3. The third kappa shape index (κ3) is 2.36. The van der Waals surface area contributed by atoms with Crippen molar-refractivity contribution in [2.24, 2.45) is 0 Å². The Balaban J connectivity index is 1.91. The summed E-state index contributed by atoms with van der Waals surface area (Å²) in [5, 5.41) is 9.56. The molecule has 1 aromatic heterocycles. The zero-order valence-corrected chi connectivity index (χ0v) is 10.9. The van der Waals surface area contributed by atoms with Crippen molar-refractivity contribution in [1.29, 1.82) is 0 Å². The maximum Gasteiger partial charge on any atom is 0.294 e. The molecule has 1 aliphatic rings. The molecule has 104 valence electrons. The van der Waals surface area contributed by atoms with Crippen molar-refractivity contribution < 1.29 is 9.92 Å². The lowest BCUT2D eigenvalue weighted by Crippen LogP contribution is -2.19. The van der Waals surface area contributed by atoms with Crippen LogP contribution in [0.5, 0.6) is 0 Å². The fourth-order valence-electron chi connectivity index (χ4n) is 2.86. The van der Waals surface area contributed by atoms with E-state index in [0.29, 0.717) is 0 Å². The quantitative estimate of drug-likeness (QED) is 0.634. The van der Waals surface area contributed by atoms with E-state index in [1.807, 2.05) is 16.7 Å². The van der Waals surface area contributed by atoms with Gasteiger partial charge in [0.2, 0.25) is 0 Å². The van der Waals surface area contributed by atoms with Crippen LogP contribution >= 0.6 is 0 Å². The van der Waals surface area contributed by atoms with Crippen molar-refractivity contribution in [2.45, 2.75) is 31.9 Å². The Morgan fingerprint density at radius 3 is 3.15 bits per heavy atom. The molecule has 0 bridgehead atoms. The molecule has 6 nitrogen and oxygen atoms in total. The molecule has 6 heteroatoms. The lowest BCUT2D eigenvalue weighted by atomic mass is 9.87. The smallest absolute Gasteiger partial charge is 0.294 e. The molecule has 3 rings (SSSR count). The van der Waals surface area contributed by atoms with Crippen molar-refractivity contribution in [1.82, 2.24) is 9.55 Å². The third-order valence-electron chi connectivity index (χ3n) is 3.74. The van der Waals surface area contributed by atoms with Crippen LogP contribution in [-0.2, 0) is 17.9 Å². The molecule has 1 aliphatic carbocycles. The summed E-state index contributed by atoms with van der Waals surface area (Å²) in [7, 11) is 0. The van der Waals surface area contributed by atoms with Gasteiger partial charge in [0.15, 0.2) is 0 Å². The number of aromatic nitrogens is 2. The molecule has 0 fully saturated rings. The van der Waals surface area contributed by atoms with Gasteiger partial charge in [-0.05, 0) is 30.4 Å². The minimum absolute atomic E-state index is 0.0638. The van der Waals surface area contributed by atoms with Gasteiger partial charge in [0.1, 0.15) is 6.61 Å². The summed E-state index contributed by atoms with van der Waals surface area (Å²) < 4.78 is 1.99. The summed E-state index contributed by atoms with van der Waals surface area (Å²) in [6.45, 7) is -0.0638. The molecule has 0 aliphatic heterocycles. The summed E-state index contributed by atoms with van der Waals surface area (Å²) in [5.74, 6) is 0. The number of rotatable bonds is 4. The summed E-state index contributed by atoms with van der Waals surface area (Å²) in [5.41, 5.74) is 3.35. The monoisotopic (exact) mass is 273 g/mol. The minimum atomic E-state index is -0.772. The SMILES string of the molecule is O=[N+]([O-])OCc1cncn1C1CCCc2ccccc21. The topological polar surface area (TPSA) is 70.2 Å². The van der Waals surface area contributed by atoms with Crippen LogP contribution in [-0.4, -0.2) is 14.6 Å². The third-order valence-corrected chi connectivity index (χ3v) is 3.74. The molecule has 0 N–H and O–H groups in total. The first-order valence-electron chi connectivity index (χ1n) is 6.61. The molecule has 1 aromatic carbocycles. The summed E-state index contributed by atoms with van der Waals surface area (Å²) in [4.78, 5) is 18.9. The number of hydrogen-bond donors (Lipinski definition) is 0. The Hall–Kier alpha value is -2.37. The lowest BCUT2D eigenvalue weighted by Gasteiger charge is -2.27. The zero-order valence-electron chi connectivity index (χ0n) is 10.9. The largest absolute Gasteiger partial charge is 0.325 e. The molecule has 1 unspecified atom stereocenters. The van der Waals surface area contributed by atoms with Crippen LogP contribution in [0.1, 0.15) is 35.7 Å². The van der Waals surface area contributed by atoms with E-state index in [9.17, 15) is 10.1 Å². The molecule has 0 saturated heterocycles. The van der Waals surface area contributed by atoms with Gasteiger partial charge in [-0.15, -0.1) is 10.1 Å². The van der Waals surface area contributed by atoms with Gasteiger partial charge in [0, 0.05) is 0 Å². The first-order valence-corrected chi connectivity index (χ1v) is 6.61. The van der Waals surface area contributed by atoms with Gasteiger partial charge in [0.25, 0.3) is 5.09 Å². The van der Waals surface area contributed by atoms with Crippen LogP contribution in [0.15, 0.2) is 36.8 Å². The van der Waals surface area contributed by atoms with E-state index in [1.165, 1.54) is 11.1 Å². The molecule has 0 spiro atoms. The average molecular weight is 273 g/mol. The number of imidazole rings is 1. The standard InChI is InChI=1S/C14H15N3O3/c18-17(19)20-9-12-8-15-10-16(12)14-7-3-5-11-4-1-2-6-13(11)14/h1-2,4,6,8,10,14H,3,5,7,9H2. The lowest BCUT2D eigenvalue weighted by molar-refractivity contribution is -0.763. The Morgan fingerprint density at radius 1 is 1.45 bits per heavy atom. The highest BCUT2D eigenvalue weighted by atomic mass is 16.9. The van der Waals surface area contributed by atoms with E-state index < -0.39 is 5.09 Å². The summed E-state index contributed by atoms with van der Waals surface area (Å²) in [6.07, 6.45) is 6.56. The highest BCUT2D eigenvalue weighted by Gasteiger charge is 2.22. The zero-order chi connectivity index (χ0) is 13.9. The van der Waals surface area contributed by atoms with Gasteiger partial charge >= 0.3 is 0 Å². The van der Waals surface area contributed by atoms with Gasteiger partial charge in [-0.3, -0.25) is 0 Å². The van der Waals surface area contributed by atoms with Crippen molar-refractivity contribution in [3.05, 3.63) is 63.7 Å². The van der Waals surface area contributed by atoms with Crippen molar-refractivity contribution in [3.8, 4) is 0 Å². The molecule has 1 heterocycles. The van der Waals surface area contributed by atoms with E-state index in [4.69, 9.17) is 0 Å². The molecular weight excluding hydrogens is 258 g/mol. The predicted octanol–water partition coefficient (Wildman–Crippen LogP) is 2.52. The van der Waals surface area contributed by atoms with Crippen molar-refractivity contribution >= 4 is 0 Å². The van der Waals surface area contributed by atoms with Gasteiger partial charge < -0.3 is 9.40 Å². The summed E-state index contributed by atoms with van der Waals surface area (Å²) in [6, 6.07) is 8.53. The first kappa shape index (κ1) is 12.7. The van der Waals surface area contributed by atoms with E-state index in [2.05, 4.69) is 22.0 Å². The molecule has 2 aromatic rings. The van der Waals surface area contributed by atoms with Crippen LogP contribution < -0.4 is 0 Å². The average Bonchev–Trinajstić information content (AvgIpc) is 2.92. The molecule has 0 radical (unpaired) electrons. The van der Waals surface area contributed by atoms with Gasteiger partial charge in [-0.1, -0.05) is 24.3 Å². The van der Waals surface area contributed by atoms with Gasteiger partial charge in [-0.2, -0.15) is 0 Å². The predicted molar refractivity (Wildman–Crippen MR) is 71.5 cm³/mol. The van der Waals surface area contributed by atoms with E-state index >= 15 is 0 Å². The van der Waals surface area contributed by atoms with Crippen molar-refractivity contribution in [2.75, 3.05) is 0 Å². The van der Waals surface area contributed by atoms with Crippen LogP contribution in [0.25, 0.3) is 0 Å². The molecule has 0 saturated carbocycles. The number of nitrogens with zero attached hydrogens (tertiary/aromatic N) is 3. The van der Waals surface area contributed by atoms with Crippen molar-refractivity contribution in [3.63, 3.8) is 0 Å². The Labute approximate surface area is 116 Å². The molecule has 1 atom stereocenters. The Bertz CT molecular complexity index is 624. The fourth-order valence-corrected chi connectivity index (χ4v) is 2.86. The van der Waals surface area contributed by atoms with E-state index in [0.717, 1.165) is 25.0 Å². The fraction of sp³-hybridized carbons (Fsp3) is 0.357. The van der Waals surface area contributed by atoms with Crippen LogP contribution in [0.3, 0.4) is 0 Å². The Morgan fingerprint density at radius 2 is 2.30 bits per heavy atom. The second-order valence-electron chi connectivity index (χ2n) is 4.90. The minimum Gasteiger partial charge on any atom is -0.325 e. The van der Waals surface area contributed by atoms with Crippen LogP contribution in [0, 0.1) is 10.1 Å². The Kier molecular flexibility index (Phi) is 3.37. The normalized spacial score (nSPS) is 17.5. The first-order chi connectivity index (χ1) is 9.75. The second kappa shape index (κ2) is 5.32. The molecule has 20 heavy (non-hydrogen) atoms. The highest BCUT2D eigenvalue weighted by Crippen LogP contribution is 2.33. The van der Waals surface area contributed by atoms with Gasteiger partial charge in [0.05, 0.1) is 24.3 Å². The summed E-state index contributed by atoms with van der Waals surface area (Å²) >= 11 is 0. The number of fused-ring (bicyclic) bond motifs is 1. The number of benzene rings is 1. The number of aryl methyl sites for hydroxylation is 1. The van der Waals surface area contributed by atoms with Gasteiger partial charge in [-0.25, -0.2) is 4.98 Å². The van der Waals surface area contributed by atoms with E-state index in [-0.39, 0.29) is 12.6 Å². The highest BCUT2D eigenvalue weighted by molar-refractivity contribution is 5.33. The molecule has 0 amide bonds. The molecular formula is C14H15N3O3. The van der Waals surface area contributed by atoms with Crippen LogP contribution in [0.4, 0.5) is 0 Å². The number of hydrogen-bond acceptors (Lipinski definition) is 4. The van der Waals surface area contributed by atoms with Crippen LogP contribution in [0.2, 0.25) is 0 Å². The van der Waals surface area contributed by atoms with E-state index in [1.54, 1.807) is 12.5 Å². The maximum absolute atomic E-state index is 10.3.